The molecule has 2 N–H and O–H groups in total. The Hall–Kier alpha value is -1.50. The lowest BCUT2D eigenvalue weighted by molar-refractivity contribution is 0.0187. The largest absolute Gasteiger partial charge is 0.444 e. The molecular weight excluding hydrogens is 320 g/mol. The van der Waals surface area contributed by atoms with Gasteiger partial charge in [-0.15, -0.1) is 0 Å². The standard InChI is InChI=1S/C18H36N4O3/c1-6-19-16(20-10-13-24-7-2)21-14-15-8-11-22(12-9-15)17(23)25-18(3,4)5/h15H,6-14H2,1-5H3,(H2,19,20,21). The average molecular weight is 357 g/mol. The van der Waals surface area contributed by atoms with Gasteiger partial charge in [-0.3, -0.25) is 4.99 Å². The molecule has 0 aromatic carbocycles. The summed E-state index contributed by atoms with van der Waals surface area (Å²) in [5.74, 6) is 1.33. The van der Waals surface area contributed by atoms with Crippen molar-refractivity contribution in [1.29, 1.82) is 0 Å². The first kappa shape index (κ1) is 21.5. The van der Waals surface area contributed by atoms with E-state index < -0.39 is 5.60 Å². The summed E-state index contributed by atoms with van der Waals surface area (Å²) >= 11 is 0. The van der Waals surface area contributed by atoms with Gasteiger partial charge in [0.1, 0.15) is 5.60 Å². The van der Waals surface area contributed by atoms with Crippen molar-refractivity contribution in [3.05, 3.63) is 0 Å². The van der Waals surface area contributed by atoms with Crippen molar-refractivity contribution in [1.82, 2.24) is 15.5 Å². The number of piperidine rings is 1. The highest BCUT2D eigenvalue weighted by Crippen LogP contribution is 2.19. The molecular formula is C18H36N4O3. The number of ether oxygens (including phenoxy) is 2. The van der Waals surface area contributed by atoms with Gasteiger partial charge in [0, 0.05) is 39.3 Å². The highest BCUT2D eigenvalue weighted by molar-refractivity contribution is 5.79. The lowest BCUT2D eigenvalue weighted by Gasteiger charge is -2.33. The Balaban J connectivity index is 2.36. The first-order valence-electron chi connectivity index (χ1n) is 9.43. The molecule has 1 aliphatic heterocycles. The number of carbonyl (C=O) groups is 1. The molecule has 1 rings (SSSR count). The highest BCUT2D eigenvalue weighted by Gasteiger charge is 2.26. The maximum absolute atomic E-state index is 12.1. The summed E-state index contributed by atoms with van der Waals surface area (Å²) in [5.41, 5.74) is -0.438. The molecule has 0 spiro atoms. The second kappa shape index (κ2) is 11.2. The van der Waals surface area contributed by atoms with E-state index in [-0.39, 0.29) is 6.09 Å². The van der Waals surface area contributed by atoms with Gasteiger partial charge in [-0.25, -0.2) is 4.79 Å². The Morgan fingerprint density at radius 2 is 1.88 bits per heavy atom. The van der Waals surface area contributed by atoms with E-state index in [0.717, 1.165) is 58.1 Å². The van der Waals surface area contributed by atoms with Crippen LogP contribution in [0.3, 0.4) is 0 Å². The van der Waals surface area contributed by atoms with Crippen molar-refractivity contribution in [2.45, 2.75) is 53.1 Å². The van der Waals surface area contributed by atoms with E-state index in [9.17, 15) is 4.79 Å². The fourth-order valence-electron chi connectivity index (χ4n) is 2.57. The summed E-state index contributed by atoms with van der Waals surface area (Å²) in [6.07, 6.45) is 1.71. The zero-order chi connectivity index (χ0) is 18.7. The van der Waals surface area contributed by atoms with Crippen molar-refractivity contribution in [2.75, 3.05) is 45.9 Å². The van der Waals surface area contributed by atoms with Crippen molar-refractivity contribution < 1.29 is 14.3 Å². The number of hydrogen-bond donors (Lipinski definition) is 2. The molecule has 25 heavy (non-hydrogen) atoms. The minimum absolute atomic E-state index is 0.208. The van der Waals surface area contributed by atoms with Crippen molar-refractivity contribution >= 4 is 12.1 Å². The number of guanidine groups is 1. The van der Waals surface area contributed by atoms with Crippen molar-refractivity contribution in [2.24, 2.45) is 10.9 Å². The summed E-state index contributed by atoms with van der Waals surface area (Å²) < 4.78 is 10.8. The lowest BCUT2D eigenvalue weighted by Crippen LogP contribution is -2.42. The number of amides is 1. The van der Waals surface area contributed by atoms with Crippen LogP contribution in [-0.4, -0.2) is 68.5 Å². The van der Waals surface area contributed by atoms with Gasteiger partial charge in [0.05, 0.1) is 6.61 Å². The molecule has 0 aromatic heterocycles. The van der Waals surface area contributed by atoms with Crippen LogP contribution in [0.25, 0.3) is 0 Å². The third-order valence-corrected chi connectivity index (χ3v) is 3.86. The predicted molar refractivity (Wildman–Crippen MR) is 101 cm³/mol. The van der Waals surface area contributed by atoms with Crippen LogP contribution in [0.15, 0.2) is 4.99 Å². The van der Waals surface area contributed by atoms with Crippen molar-refractivity contribution in [3.8, 4) is 0 Å². The van der Waals surface area contributed by atoms with Gasteiger partial charge in [-0.1, -0.05) is 0 Å². The van der Waals surface area contributed by atoms with Crippen LogP contribution in [0.5, 0.6) is 0 Å². The van der Waals surface area contributed by atoms with Gasteiger partial charge in [-0.05, 0) is 53.4 Å². The molecule has 1 saturated heterocycles. The first-order valence-corrected chi connectivity index (χ1v) is 9.43. The third-order valence-electron chi connectivity index (χ3n) is 3.86. The van der Waals surface area contributed by atoms with E-state index in [1.165, 1.54) is 0 Å². The van der Waals surface area contributed by atoms with Gasteiger partial charge in [0.2, 0.25) is 0 Å². The van der Waals surface area contributed by atoms with Gasteiger partial charge >= 0.3 is 6.09 Å². The van der Waals surface area contributed by atoms with Gasteiger partial charge in [-0.2, -0.15) is 0 Å². The Bertz CT molecular complexity index is 413. The fraction of sp³-hybridized carbons (Fsp3) is 0.889. The summed E-state index contributed by atoms with van der Waals surface area (Å²) in [6.45, 7) is 15.0. The van der Waals surface area contributed by atoms with Crippen LogP contribution in [0, 0.1) is 5.92 Å². The maximum atomic E-state index is 12.1. The molecule has 1 heterocycles. The molecule has 0 aliphatic carbocycles. The molecule has 7 nitrogen and oxygen atoms in total. The second-order valence-electron chi connectivity index (χ2n) is 7.25. The topological polar surface area (TPSA) is 75.2 Å². The highest BCUT2D eigenvalue weighted by atomic mass is 16.6. The molecule has 0 radical (unpaired) electrons. The van der Waals surface area contributed by atoms with Gasteiger partial charge < -0.3 is 25.0 Å². The van der Waals surface area contributed by atoms with Crippen LogP contribution in [0.2, 0.25) is 0 Å². The molecule has 0 aromatic rings. The summed E-state index contributed by atoms with van der Waals surface area (Å²) in [5, 5.41) is 6.53. The molecule has 0 saturated carbocycles. The van der Waals surface area contributed by atoms with Crippen LogP contribution in [-0.2, 0) is 9.47 Å². The Morgan fingerprint density at radius 3 is 2.44 bits per heavy atom. The van der Waals surface area contributed by atoms with E-state index >= 15 is 0 Å². The predicted octanol–water partition coefficient (Wildman–Crippen LogP) is 2.23. The number of carbonyl (C=O) groups excluding carboxylic acids is 1. The number of nitrogens with one attached hydrogen (secondary N) is 2. The SMILES string of the molecule is CCNC(=NCC1CCN(C(=O)OC(C)(C)C)CC1)NCCOCC. The summed E-state index contributed by atoms with van der Waals surface area (Å²) in [6, 6.07) is 0. The molecule has 0 bridgehead atoms. The lowest BCUT2D eigenvalue weighted by atomic mass is 9.97. The summed E-state index contributed by atoms with van der Waals surface area (Å²) in [4.78, 5) is 18.6. The summed E-state index contributed by atoms with van der Waals surface area (Å²) in [7, 11) is 0. The smallest absolute Gasteiger partial charge is 0.410 e. The minimum atomic E-state index is -0.438. The molecule has 0 atom stereocenters. The monoisotopic (exact) mass is 356 g/mol. The zero-order valence-electron chi connectivity index (χ0n) is 16.6. The quantitative estimate of drug-likeness (QED) is 0.416. The maximum Gasteiger partial charge on any atom is 0.410 e. The molecule has 0 unspecified atom stereocenters. The number of rotatable bonds is 7. The van der Waals surface area contributed by atoms with E-state index in [1.807, 2.05) is 27.7 Å². The normalized spacial score (nSPS) is 16.7. The van der Waals surface area contributed by atoms with Crippen LogP contribution < -0.4 is 10.6 Å². The molecule has 1 amide bonds. The number of nitrogens with zero attached hydrogens (tertiary/aromatic N) is 2. The van der Waals surface area contributed by atoms with E-state index in [0.29, 0.717) is 12.5 Å². The molecule has 146 valence electrons. The van der Waals surface area contributed by atoms with E-state index in [2.05, 4.69) is 22.5 Å². The Morgan fingerprint density at radius 1 is 1.20 bits per heavy atom. The van der Waals surface area contributed by atoms with Crippen LogP contribution in [0.1, 0.15) is 47.5 Å². The van der Waals surface area contributed by atoms with E-state index in [1.54, 1.807) is 4.90 Å². The first-order chi connectivity index (χ1) is 11.9. The number of likely N-dealkylation sites (tertiary alicyclic amines) is 1. The third kappa shape index (κ3) is 9.53. The number of hydrogen-bond acceptors (Lipinski definition) is 4. The van der Waals surface area contributed by atoms with Gasteiger partial charge in [0.15, 0.2) is 5.96 Å². The molecule has 1 fully saturated rings. The minimum Gasteiger partial charge on any atom is -0.444 e. The Labute approximate surface area is 152 Å². The van der Waals surface area contributed by atoms with Crippen LogP contribution >= 0.6 is 0 Å². The van der Waals surface area contributed by atoms with Crippen LogP contribution in [0.4, 0.5) is 4.79 Å². The Kier molecular flexibility index (Phi) is 9.63. The molecule has 1 aliphatic rings. The number of aliphatic imine (C=N–C) groups is 1. The second-order valence-corrected chi connectivity index (χ2v) is 7.25. The van der Waals surface area contributed by atoms with E-state index in [4.69, 9.17) is 9.47 Å². The van der Waals surface area contributed by atoms with Gasteiger partial charge in [0.25, 0.3) is 0 Å². The average Bonchev–Trinajstić information content (AvgIpc) is 2.55. The van der Waals surface area contributed by atoms with Crippen molar-refractivity contribution in [3.63, 3.8) is 0 Å². The zero-order valence-corrected chi connectivity index (χ0v) is 16.6. The fourth-order valence-corrected chi connectivity index (χ4v) is 2.57. The molecule has 7 heteroatoms.